The van der Waals surface area contributed by atoms with Crippen LogP contribution in [0, 0.1) is 6.92 Å². The summed E-state index contributed by atoms with van der Waals surface area (Å²) in [5.41, 5.74) is 4.72. The minimum atomic E-state index is 0.510. The van der Waals surface area contributed by atoms with Gasteiger partial charge >= 0.3 is 0 Å². The molecule has 134 valence electrons. The summed E-state index contributed by atoms with van der Waals surface area (Å²) in [4.78, 5) is 4.51. The summed E-state index contributed by atoms with van der Waals surface area (Å²) in [7, 11) is 0. The molecule has 0 fully saturated rings. The average Bonchev–Trinajstić information content (AvgIpc) is 2.65. The predicted molar refractivity (Wildman–Crippen MR) is 107 cm³/mol. The first kappa shape index (κ1) is 18.1. The van der Waals surface area contributed by atoms with E-state index in [-0.39, 0.29) is 0 Å². The van der Waals surface area contributed by atoms with Crippen molar-refractivity contribution in [3.8, 4) is 0 Å². The number of rotatable bonds is 7. The SMILES string of the molecule is CCc1cccc(C)c1Nc1cnnc(NCCc2ccc(Cl)cc2)n1. The molecular formula is C20H22ClN5. The van der Waals surface area contributed by atoms with Crippen molar-refractivity contribution in [3.63, 3.8) is 0 Å². The maximum absolute atomic E-state index is 5.91. The highest BCUT2D eigenvalue weighted by molar-refractivity contribution is 6.30. The van der Waals surface area contributed by atoms with E-state index in [1.54, 1.807) is 6.20 Å². The number of para-hydroxylation sites is 1. The summed E-state index contributed by atoms with van der Waals surface area (Å²) >= 11 is 5.91. The fraction of sp³-hybridized carbons (Fsp3) is 0.250. The van der Waals surface area contributed by atoms with Crippen LogP contribution in [0.1, 0.15) is 23.6 Å². The zero-order valence-corrected chi connectivity index (χ0v) is 15.7. The minimum Gasteiger partial charge on any atom is -0.353 e. The second kappa shape index (κ2) is 8.63. The van der Waals surface area contributed by atoms with E-state index in [0.717, 1.165) is 30.1 Å². The number of aryl methyl sites for hydroxylation is 2. The van der Waals surface area contributed by atoms with E-state index >= 15 is 0 Å². The van der Waals surface area contributed by atoms with Gasteiger partial charge in [0.15, 0.2) is 5.82 Å². The zero-order valence-electron chi connectivity index (χ0n) is 15.0. The Morgan fingerprint density at radius 2 is 1.88 bits per heavy atom. The van der Waals surface area contributed by atoms with Crippen molar-refractivity contribution >= 4 is 29.1 Å². The molecule has 0 spiro atoms. The van der Waals surface area contributed by atoms with Gasteiger partial charge in [-0.3, -0.25) is 0 Å². The van der Waals surface area contributed by atoms with E-state index in [2.05, 4.69) is 57.9 Å². The van der Waals surface area contributed by atoms with Crippen LogP contribution in [0.5, 0.6) is 0 Å². The molecule has 1 heterocycles. The summed E-state index contributed by atoms with van der Waals surface area (Å²) in [6.07, 6.45) is 3.45. The highest BCUT2D eigenvalue weighted by Crippen LogP contribution is 2.24. The highest BCUT2D eigenvalue weighted by Gasteiger charge is 2.07. The first-order chi connectivity index (χ1) is 12.7. The van der Waals surface area contributed by atoms with Gasteiger partial charge in [-0.2, -0.15) is 10.1 Å². The molecule has 0 bridgehead atoms. The summed E-state index contributed by atoms with van der Waals surface area (Å²) in [6.45, 7) is 4.95. The Kier molecular flexibility index (Phi) is 6.02. The summed E-state index contributed by atoms with van der Waals surface area (Å²) in [5.74, 6) is 1.19. The van der Waals surface area contributed by atoms with Gasteiger partial charge in [-0.1, -0.05) is 48.9 Å². The maximum Gasteiger partial charge on any atom is 0.244 e. The minimum absolute atomic E-state index is 0.510. The molecule has 0 aliphatic heterocycles. The van der Waals surface area contributed by atoms with Gasteiger partial charge in [-0.25, -0.2) is 0 Å². The Balaban J connectivity index is 1.64. The van der Waals surface area contributed by atoms with Crippen molar-refractivity contribution in [2.24, 2.45) is 0 Å². The molecule has 2 aromatic carbocycles. The molecule has 2 N–H and O–H groups in total. The van der Waals surface area contributed by atoms with Crippen LogP contribution in [0.4, 0.5) is 17.5 Å². The molecule has 1 aromatic heterocycles. The van der Waals surface area contributed by atoms with E-state index in [0.29, 0.717) is 11.8 Å². The van der Waals surface area contributed by atoms with Crippen LogP contribution in [0.25, 0.3) is 0 Å². The Morgan fingerprint density at radius 1 is 1.08 bits per heavy atom. The Morgan fingerprint density at radius 3 is 2.65 bits per heavy atom. The second-order valence-electron chi connectivity index (χ2n) is 6.06. The number of anilines is 3. The standard InChI is InChI=1S/C20H22ClN5/c1-3-16-6-4-5-14(2)19(16)24-18-13-23-26-20(25-18)22-12-11-15-7-9-17(21)10-8-15/h4-10,13H,3,11-12H2,1-2H3,(H2,22,24,25,26). The largest absolute Gasteiger partial charge is 0.353 e. The predicted octanol–water partition coefficient (Wildman–Crippen LogP) is 4.79. The molecule has 26 heavy (non-hydrogen) atoms. The number of nitrogens with one attached hydrogen (secondary N) is 2. The van der Waals surface area contributed by atoms with Gasteiger partial charge in [0.2, 0.25) is 5.95 Å². The maximum atomic E-state index is 5.91. The van der Waals surface area contributed by atoms with E-state index in [1.807, 2.05) is 24.3 Å². The molecule has 0 saturated carbocycles. The number of hydrogen-bond acceptors (Lipinski definition) is 5. The third-order valence-electron chi connectivity index (χ3n) is 4.16. The third-order valence-corrected chi connectivity index (χ3v) is 4.41. The van der Waals surface area contributed by atoms with Gasteiger partial charge in [0.25, 0.3) is 0 Å². The first-order valence-electron chi connectivity index (χ1n) is 8.69. The van der Waals surface area contributed by atoms with Crippen LogP contribution in [0.3, 0.4) is 0 Å². The number of benzene rings is 2. The van der Waals surface area contributed by atoms with E-state index in [1.165, 1.54) is 16.7 Å². The van der Waals surface area contributed by atoms with Crippen molar-refractivity contribution in [1.82, 2.24) is 15.2 Å². The summed E-state index contributed by atoms with van der Waals surface area (Å²) in [6, 6.07) is 14.1. The molecular weight excluding hydrogens is 346 g/mol. The van der Waals surface area contributed by atoms with E-state index < -0.39 is 0 Å². The second-order valence-corrected chi connectivity index (χ2v) is 6.49. The van der Waals surface area contributed by atoms with Crippen LogP contribution in [0.2, 0.25) is 5.02 Å². The van der Waals surface area contributed by atoms with Crippen LogP contribution in [-0.4, -0.2) is 21.7 Å². The van der Waals surface area contributed by atoms with Crippen molar-refractivity contribution in [2.45, 2.75) is 26.7 Å². The topological polar surface area (TPSA) is 62.7 Å². The normalized spacial score (nSPS) is 10.6. The van der Waals surface area contributed by atoms with Crippen molar-refractivity contribution in [3.05, 3.63) is 70.4 Å². The fourth-order valence-electron chi connectivity index (χ4n) is 2.74. The molecule has 0 saturated heterocycles. The molecule has 0 amide bonds. The van der Waals surface area contributed by atoms with Crippen molar-refractivity contribution in [1.29, 1.82) is 0 Å². The van der Waals surface area contributed by atoms with Gasteiger partial charge in [-0.15, -0.1) is 5.10 Å². The zero-order chi connectivity index (χ0) is 18.4. The third kappa shape index (κ3) is 4.70. The summed E-state index contributed by atoms with van der Waals surface area (Å²) < 4.78 is 0. The van der Waals surface area contributed by atoms with Crippen LogP contribution >= 0.6 is 11.6 Å². The molecule has 5 nitrogen and oxygen atoms in total. The number of hydrogen-bond donors (Lipinski definition) is 2. The van der Waals surface area contributed by atoms with E-state index in [4.69, 9.17) is 11.6 Å². The van der Waals surface area contributed by atoms with Gasteiger partial charge < -0.3 is 10.6 Å². The molecule has 0 aliphatic rings. The van der Waals surface area contributed by atoms with Crippen molar-refractivity contribution < 1.29 is 0 Å². The monoisotopic (exact) mass is 367 g/mol. The quantitative estimate of drug-likeness (QED) is 0.628. The Bertz CT molecular complexity index is 864. The number of nitrogens with zero attached hydrogens (tertiary/aromatic N) is 3. The molecule has 3 aromatic rings. The van der Waals surface area contributed by atoms with E-state index in [9.17, 15) is 0 Å². The van der Waals surface area contributed by atoms with Gasteiger partial charge in [0.05, 0.1) is 6.20 Å². The Labute approximate surface area is 158 Å². The lowest BCUT2D eigenvalue weighted by molar-refractivity contribution is 0.928. The lowest BCUT2D eigenvalue weighted by Gasteiger charge is -2.13. The number of halogens is 1. The molecule has 3 rings (SSSR count). The highest BCUT2D eigenvalue weighted by atomic mass is 35.5. The lowest BCUT2D eigenvalue weighted by Crippen LogP contribution is -2.10. The molecule has 0 aliphatic carbocycles. The van der Waals surface area contributed by atoms with Crippen LogP contribution in [0.15, 0.2) is 48.7 Å². The lowest BCUT2D eigenvalue weighted by atomic mass is 10.1. The number of aromatic nitrogens is 3. The molecule has 0 radical (unpaired) electrons. The van der Waals surface area contributed by atoms with Gasteiger partial charge in [0, 0.05) is 17.3 Å². The molecule has 6 heteroatoms. The van der Waals surface area contributed by atoms with Crippen LogP contribution < -0.4 is 10.6 Å². The smallest absolute Gasteiger partial charge is 0.244 e. The first-order valence-corrected chi connectivity index (χ1v) is 9.07. The van der Waals surface area contributed by atoms with Gasteiger partial charge in [0.1, 0.15) is 0 Å². The average molecular weight is 368 g/mol. The Hall–Kier alpha value is -2.66. The summed E-state index contributed by atoms with van der Waals surface area (Å²) in [5, 5.41) is 15.4. The fourth-order valence-corrected chi connectivity index (χ4v) is 2.86. The van der Waals surface area contributed by atoms with Crippen molar-refractivity contribution in [2.75, 3.05) is 17.2 Å². The van der Waals surface area contributed by atoms with Gasteiger partial charge in [-0.05, 0) is 48.6 Å². The van der Waals surface area contributed by atoms with Crippen LogP contribution in [-0.2, 0) is 12.8 Å². The molecule has 0 unspecified atom stereocenters. The molecule has 0 atom stereocenters.